The molecule has 3 heterocycles. The molecule has 2 aromatic heterocycles. The number of H-pyrrole nitrogens is 1. The molecule has 7 rings (SSSR count). The molecular formula is C60H81F4I3N9O7S+. The Balaban J connectivity index is 0. The molecule has 1 atom stereocenters. The number of primary amides is 2. The van der Waals surface area contributed by atoms with E-state index in [1.54, 1.807) is 48.0 Å². The topological polar surface area (TPSA) is 244 Å². The van der Waals surface area contributed by atoms with E-state index >= 15 is 0 Å². The molecule has 0 radical (unpaired) electrons. The summed E-state index contributed by atoms with van der Waals surface area (Å²) in [6, 6.07) is 22.4. The maximum atomic E-state index is 13.2. The summed E-state index contributed by atoms with van der Waals surface area (Å²) in [6.45, 7) is 23.7. The van der Waals surface area contributed by atoms with Crippen molar-refractivity contribution in [1.82, 2.24) is 25.6 Å². The normalized spacial score (nSPS) is 12.1. The van der Waals surface area contributed by atoms with Crippen LogP contribution in [0.25, 0.3) is 22.5 Å². The smallest absolute Gasteiger partial charge is 0.352 e. The van der Waals surface area contributed by atoms with Crippen LogP contribution < -0.4 is 36.7 Å². The molecule has 0 fully saturated rings. The van der Waals surface area contributed by atoms with Gasteiger partial charge in [0.05, 0.1) is 37.8 Å². The fraction of sp³-hybridized carbons (Fsp3) is 0.367. The van der Waals surface area contributed by atoms with Gasteiger partial charge in [-0.25, -0.2) is 36.5 Å². The lowest BCUT2D eigenvalue weighted by molar-refractivity contribution is -0.669. The summed E-state index contributed by atoms with van der Waals surface area (Å²) in [6.07, 6.45) is 2.50. The van der Waals surface area contributed by atoms with Gasteiger partial charge < -0.3 is 27.1 Å². The molecule has 0 saturated carbocycles. The predicted molar refractivity (Wildman–Crippen MR) is 356 cm³/mol. The van der Waals surface area contributed by atoms with Gasteiger partial charge in [0.15, 0.2) is 5.69 Å². The van der Waals surface area contributed by atoms with Crippen molar-refractivity contribution in [3.8, 4) is 22.5 Å². The van der Waals surface area contributed by atoms with E-state index in [9.17, 15) is 45.2 Å². The first-order valence-corrected chi connectivity index (χ1v) is 33.8. The molecular weight excluding hydrogens is 1450 g/mol. The van der Waals surface area contributed by atoms with Gasteiger partial charge in [-0.1, -0.05) is 86.9 Å². The first-order valence-electron chi connectivity index (χ1n) is 25.7. The number of amides is 4. The standard InChI is InChI=1S/C17H23FN3O2S.C14H17FN2O.C14H15FN2O.C7H5FO.C6H12O.CH4N2O.CH4.I2.HI/c1-11(2)16-12(3)15(13-7-9-14(18)10-8-13)19-17(20(16)4)21(5)24(6,22)23;2*1-8(2)12-9(3)13(17-14(18)16-12)10-4-6-11(15)7-5-10;8-7-3-1-6(5-9)2-4-7;1-4-6(7)5(2)3;2-1(3)4;;1-2;/h7-11H,1-6H3;4-8,13H,1-3H3,(H2,16,17,18);4-8H,1-3H3,(H,16,17,18);1-5H;5H,4H2,1-3H3;(H4,2,3,4);1H4;;1H/q+1;;;;;;;;. The van der Waals surface area contributed by atoms with Crippen LogP contribution >= 0.6 is 61.2 Å². The van der Waals surface area contributed by atoms with Crippen molar-refractivity contribution in [2.75, 3.05) is 17.6 Å². The number of hydrogen-bond acceptors (Lipinski definition) is 9. The Morgan fingerprint density at radius 2 is 1.12 bits per heavy atom. The Labute approximate surface area is 533 Å². The molecule has 0 saturated heterocycles. The number of allylic oxidation sites excluding steroid dienone is 1. The summed E-state index contributed by atoms with van der Waals surface area (Å²) in [5, 5.41) is 5.69. The largest absolute Gasteiger partial charge is 0.409 e. The Hall–Kier alpha value is -5.88. The second-order valence-electron chi connectivity index (χ2n) is 19.7. The molecule has 1 unspecified atom stereocenters. The number of ketones is 1. The monoisotopic (exact) mass is 1530 g/mol. The summed E-state index contributed by atoms with van der Waals surface area (Å²) < 4.78 is 78.0. The minimum absolute atomic E-state index is 0. The van der Waals surface area contributed by atoms with Crippen LogP contribution in [0.3, 0.4) is 0 Å². The molecule has 4 aromatic carbocycles. The minimum atomic E-state index is -3.45. The Morgan fingerprint density at radius 1 is 0.714 bits per heavy atom. The maximum Gasteiger partial charge on any atom is 0.409 e. The second kappa shape index (κ2) is 38.9. The van der Waals surface area contributed by atoms with Crippen molar-refractivity contribution in [1.29, 1.82) is 0 Å². The molecule has 1 aliphatic rings. The van der Waals surface area contributed by atoms with Crippen LogP contribution in [0.2, 0.25) is 0 Å². The third-order valence-electron chi connectivity index (χ3n) is 12.1. The number of nitrogens with one attached hydrogen (secondary N) is 3. The Kier molecular flexibility index (Phi) is 37.2. The van der Waals surface area contributed by atoms with E-state index in [-0.39, 0.29) is 96.1 Å². The van der Waals surface area contributed by atoms with E-state index < -0.39 is 16.1 Å². The lowest BCUT2D eigenvalue weighted by atomic mass is 9.93. The van der Waals surface area contributed by atoms with Crippen molar-refractivity contribution in [3.63, 3.8) is 0 Å². The first kappa shape index (κ1) is 80.2. The van der Waals surface area contributed by atoms with Crippen molar-refractivity contribution >= 4 is 101 Å². The number of rotatable bonds is 11. The van der Waals surface area contributed by atoms with Gasteiger partial charge in [0, 0.05) is 89.1 Å². The number of nitrogens with zero attached hydrogens (tertiary/aromatic N) is 4. The lowest BCUT2D eigenvalue weighted by Crippen LogP contribution is -2.45. The molecule has 4 amide bonds. The van der Waals surface area contributed by atoms with Crippen molar-refractivity contribution in [2.24, 2.45) is 30.4 Å². The number of hydrogen-bond donors (Lipinski definition) is 5. The van der Waals surface area contributed by atoms with Gasteiger partial charge in [-0.2, -0.15) is 17.7 Å². The van der Waals surface area contributed by atoms with Gasteiger partial charge in [-0.3, -0.25) is 9.59 Å². The molecule has 1 aliphatic heterocycles. The number of nitrogens with two attached hydrogens (primary N) is 2. The summed E-state index contributed by atoms with van der Waals surface area (Å²) in [4.78, 5) is 64.0. The molecule has 24 heteroatoms. The fourth-order valence-corrected chi connectivity index (χ4v) is 8.54. The number of carbonyl (C=O) groups excluding carboxylic acids is 4. The zero-order valence-electron chi connectivity index (χ0n) is 49.3. The van der Waals surface area contributed by atoms with E-state index in [0.29, 0.717) is 41.4 Å². The van der Waals surface area contributed by atoms with Gasteiger partial charge in [-0.15, -0.1) is 24.0 Å². The Morgan fingerprint density at radius 3 is 1.46 bits per heavy atom. The number of sulfonamides is 1. The number of aromatic nitrogens is 4. The predicted octanol–water partition coefficient (Wildman–Crippen LogP) is 14.0. The van der Waals surface area contributed by atoms with Crippen LogP contribution in [0.5, 0.6) is 0 Å². The SMILES string of the molecule is C.CC1=C(C(C)C)NC(=O)NC1c1ccc(F)cc1.CCC(=O)C(C)C.Cc1c(-c2ccc(F)cc2)nc(=O)[nH]c1C(C)C.Cc1c(-c2ccc(F)cc2)nc(N(C)S(C)(=O)=O)[n+](C)c1C(C)C.I.II.NC(N)=O.O=Cc1ccc(F)cc1. The molecule has 7 N–H and O–H groups in total. The molecule has 84 heavy (non-hydrogen) atoms. The molecule has 16 nitrogen and oxygen atoms in total. The first-order chi connectivity index (χ1) is 38.2. The van der Waals surface area contributed by atoms with Crippen molar-refractivity contribution < 1.29 is 49.7 Å². The van der Waals surface area contributed by atoms with Crippen LogP contribution in [0.1, 0.15) is 139 Å². The fourth-order valence-electron chi connectivity index (χ4n) is 8.08. The molecule has 6 aromatic rings. The third kappa shape index (κ3) is 26.2. The van der Waals surface area contributed by atoms with Crippen LogP contribution in [0, 0.1) is 49.0 Å². The zero-order chi connectivity index (χ0) is 62.9. The van der Waals surface area contributed by atoms with Gasteiger partial charge in [0.1, 0.15) is 35.3 Å². The average molecular weight is 1530 g/mol. The molecule has 0 aliphatic carbocycles. The lowest BCUT2D eigenvalue weighted by Gasteiger charge is -2.30. The van der Waals surface area contributed by atoms with Crippen LogP contribution in [-0.4, -0.2) is 60.8 Å². The maximum absolute atomic E-state index is 13.2. The summed E-state index contributed by atoms with van der Waals surface area (Å²) in [5.41, 5.74) is 18.0. The highest BCUT2D eigenvalue weighted by atomic mass is 128. The summed E-state index contributed by atoms with van der Waals surface area (Å²) in [7, 11) is -0.165. The second-order valence-corrected chi connectivity index (χ2v) is 21.7. The minimum Gasteiger partial charge on any atom is -0.352 e. The van der Waals surface area contributed by atoms with Crippen molar-refractivity contribution in [2.45, 2.75) is 115 Å². The number of aromatic amines is 1. The van der Waals surface area contributed by atoms with E-state index in [1.165, 1.54) is 67.7 Å². The number of halogens is 7. The molecule has 0 bridgehead atoms. The highest BCUT2D eigenvalue weighted by Gasteiger charge is 2.31. The zero-order valence-corrected chi connectivity index (χ0v) is 56.8. The van der Waals surface area contributed by atoms with E-state index in [4.69, 9.17) is 4.79 Å². The number of benzene rings is 4. The van der Waals surface area contributed by atoms with Crippen molar-refractivity contribution in [3.05, 3.63) is 176 Å². The van der Waals surface area contributed by atoms with Crippen LogP contribution in [0.4, 0.5) is 33.1 Å². The van der Waals surface area contributed by atoms with E-state index in [0.717, 1.165) is 61.0 Å². The summed E-state index contributed by atoms with van der Waals surface area (Å²) >= 11 is 4.24. The number of aldehydes is 1. The quantitative estimate of drug-likeness (QED) is 0.0358. The Bertz CT molecular complexity index is 3260. The third-order valence-corrected chi connectivity index (χ3v) is 13.3. The number of Topliss-reactive ketones (excluding diaryl/α,β-unsaturated/α-hetero) is 1. The van der Waals surface area contributed by atoms with Gasteiger partial charge >= 0.3 is 23.7 Å². The number of anilines is 1. The summed E-state index contributed by atoms with van der Waals surface area (Å²) in [5.74, 6) is 0.310. The average Bonchev–Trinajstić information content (AvgIpc) is 3.63. The highest BCUT2D eigenvalue weighted by molar-refractivity contribution is 15.0. The van der Waals surface area contributed by atoms with Gasteiger partial charge in [-0.05, 0) is 134 Å². The van der Waals surface area contributed by atoms with Gasteiger partial charge in [0.2, 0.25) is 0 Å². The van der Waals surface area contributed by atoms with Crippen LogP contribution in [0.15, 0.2) is 113 Å². The van der Waals surface area contributed by atoms with E-state index in [2.05, 4.69) is 74.3 Å². The molecule has 0 spiro atoms. The number of urea groups is 2. The molecule has 462 valence electrons. The van der Waals surface area contributed by atoms with Gasteiger partial charge in [0.25, 0.3) is 10.0 Å². The van der Waals surface area contributed by atoms with E-state index in [1.807, 2.05) is 83.1 Å². The highest BCUT2D eigenvalue weighted by Crippen LogP contribution is 2.31. The van der Waals surface area contributed by atoms with Crippen LogP contribution in [-0.2, 0) is 21.9 Å². The number of carbonyl (C=O) groups is 4.